The first-order valence-electron chi connectivity index (χ1n) is 9.50. The number of thiophene rings is 1. The van der Waals surface area contributed by atoms with Crippen LogP contribution in [0.4, 0.5) is 14.7 Å². The van der Waals surface area contributed by atoms with Crippen molar-refractivity contribution < 1.29 is 18.4 Å². The first kappa shape index (κ1) is 20.2. The minimum Gasteiger partial charge on any atom is -0.318 e. The number of nitrogens with zero attached hydrogens (tertiary/aromatic N) is 3. The van der Waals surface area contributed by atoms with Crippen molar-refractivity contribution in [2.24, 2.45) is 0 Å². The Morgan fingerprint density at radius 2 is 2.13 bits per heavy atom. The fourth-order valence-corrected chi connectivity index (χ4v) is 4.55. The molecule has 6 nitrogen and oxygen atoms in total. The molecule has 30 heavy (non-hydrogen) atoms. The number of anilines is 1. The van der Waals surface area contributed by atoms with Gasteiger partial charge in [-0.25, -0.2) is 13.8 Å². The highest BCUT2D eigenvalue weighted by atomic mass is 32.1. The van der Waals surface area contributed by atoms with Gasteiger partial charge in [0.15, 0.2) is 0 Å². The number of carbonyl (C=O) groups excluding carboxylic acids is 2. The molecule has 9 heteroatoms. The third kappa shape index (κ3) is 3.49. The van der Waals surface area contributed by atoms with Crippen LogP contribution in [0, 0.1) is 6.92 Å². The van der Waals surface area contributed by atoms with Crippen LogP contribution in [-0.4, -0.2) is 32.8 Å². The molecule has 2 amide bonds. The van der Waals surface area contributed by atoms with E-state index in [9.17, 15) is 18.4 Å². The zero-order valence-electron chi connectivity index (χ0n) is 16.3. The summed E-state index contributed by atoms with van der Waals surface area (Å²) in [6, 6.07) is 8.33. The second-order valence-electron chi connectivity index (χ2n) is 7.06. The fraction of sp³-hybridized carbons (Fsp3) is 0.286. The smallest absolute Gasteiger partial charge is 0.272 e. The summed E-state index contributed by atoms with van der Waals surface area (Å²) in [6.07, 6.45) is -0.154. The summed E-state index contributed by atoms with van der Waals surface area (Å²) < 4.78 is 27.6. The van der Waals surface area contributed by atoms with Gasteiger partial charge in [-0.1, -0.05) is 18.7 Å². The third-order valence-electron chi connectivity index (χ3n) is 5.19. The average molecular weight is 430 g/mol. The Bertz CT molecular complexity index is 1140. The lowest BCUT2D eigenvalue weighted by Crippen LogP contribution is -2.33. The molecule has 1 aromatic carbocycles. The van der Waals surface area contributed by atoms with Gasteiger partial charge in [0.2, 0.25) is 11.9 Å². The number of alkyl halides is 2. The SMILES string of the molecule is C=CC(=O)N1CCC[C@@H]1n1c(NC(=O)c2ccc(C(F)F)s2)nc2c(C)cccc21. The number of benzene rings is 1. The van der Waals surface area contributed by atoms with Crippen molar-refractivity contribution in [3.05, 3.63) is 58.3 Å². The molecule has 0 saturated carbocycles. The molecule has 3 aromatic rings. The number of imidazole rings is 1. The predicted octanol–water partition coefficient (Wildman–Crippen LogP) is 4.90. The van der Waals surface area contributed by atoms with Gasteiger partial charge in [-0.05, 0) is 49.6 Å². The molecule has 0 unspecified atom stereocenters. The summed E-state index contributed by atoms with van der Waals surface area (Å²) in [6.45, 7) is 6.08. The number of fused-ring (bicyclic) bond motifs is 1. The number of likely N-dealkylation sites (tertiary alicyclic amines) is 1. The van der Waals surface area contributed by atoms with Gasteiger partial charge < -0.3 is 4.90 Å². The highest BCUT2D eigenvalue weighted by Crippen LogP contribution is 2.35. The van der Waals surface area contributed by atoms with E-state index in [2.05, 4.69) is 16.9 Å². The molecule has 1 fully saturated rings. The van der Waals surface area contributed by atoms with Gasteiger partial charge in [-0.3, -0.25) is 19.5 Å². The summed E-state index contributed by atoms with van der Waals surface area (Å²) in [5.41, 5.74) is 2.43. The Morgan fingerprint density at radius 3 is 2.83 bits per heavy atom. The molecule has 3 heterocycles. The summed E-state index contributed by atoms with van der Waals surface area (Å²) >= 11 is 0.749. The zero-order valence-corrected chi connectivity index (χ0v) is 17.1. The second-order valence-corrected chi connectivity index (χ2v) is 8.18. The van der Waals surface area contributed by atoms with Crippen molar-refractivity contribution in [2.75, 3.05) is 11.9 Å². The highest BCUT2D eigenvalue weighted by Gasteiger charge is 2.32. The van der Waals surface area contributed by atoms with E-state index in [0.29, 0.717) is 18.5 Å². The Hall–Kier alpha value is -3.07. The Kier molecular flexibility index (Phi) is 5.38. The average Bonchev–Trinajstić information content (AvgIpc) is 3.45. The van der Waals surface area contributed by atoms with Gasteiger partial charge in [0.05, 0.1) is 20.8 Å². The van der Waals surface area contributed by atoms with Gasteiger partial charge in [-0.2, -0.15) is 0 Å². The molecule has 0 aliphatic carbocycles. The van der Waals surface area contributed by atoms with E-state index in [0.717, 1.165) is 28.8 Å². The van der Waals surface area contributed by atoms with Gasteiger partial charge in [0.25, 0.3) is 12.3 Å². The summed E-state index contributed by atoms with van der Waals surface area (Å²) in [4.78, 5) is 31.4. The first-order valence-corrected chi connectivity index (χ1v) is 10.3. The Balaban J connectivity index is 1.76. The van der Waals surface area contributed by atoms with Crippen LogP contribution in [0.15, 0.2) is 43.0 Å². The maximum absolute atomic E-state index is 12.9. The molecule has 156 valence electrons. The van der Waals surface area contributed by atoms with Crippen LogP contribution < -0.4 is 5.32 Å². The van der Waals surface area contributed by atoms with Crippen molar-refractivity contribution in [2.45, 2.75) is 32.4 Å². The third-order valence-corrected chi connectivity index (χ3v) is 6.28. The van der Waals surface area contributed by atoms with Gasteiger partial charge in [0.1, 0.15) is 6.17 Å². The van der Waals surface area contributed by atoms with Crippen molar-refractivity contribution in [3.8, 4) is 0 Å². The number of hydrogen-bond acceptors (Lipinski definition) is 4. The second kappa shape index (κ2) is 7.98. The number of halogens is 2. The van der Waals surface area contributed by atoms with E-state index in [-0.39, 0.29) is 27.8 Å². The number of amides is 2. The normalized spacial score (nSPS) is 16.4. The van der Waals surface area contributed by atoms with E-state index < -0.39 is 12.3 Å². The fourth-order valence-electron chi connectivity index (χ4n) is 3.79. The van der Waals surface area contributed by atoms with E-state index in [1.54, 1.807) is 4.90 Å². The molecule has 4 rings (SSSR count). The number of aryl methyl sites for hydroxylation is 1. The molecule has 0 radical (unpaired) electrons. The molecule has 1 aliphatic heterocycles. The van der Waals surface area contributed by atoms with Crippen LogP contribution in [-0.2, 0) is 4.79 Å². The minimum atomic E-state index is -2.62. The van der Waals surface area contributed by atoms with Crippen molar-refractivity contribution in [1.29, 1.82) is 0 Å². The molecule has 1 saturated heterocycles. The van der Waals surface area contributed by atoms with Crippen molar-refractivity contribution in [1.82, 2.24) is 14.5 Å². The lowest BCUT2D eigenvalue weighted by Gasteiger charge is -2.26. The minimum absolute atomic E-state index is 0.164. The maximum Gasteiger partial charge on any atom is 0.272 e. The van der Waals surface area contributed by atoms with E-state index in [1.807, 2.05) is 29.7 Å². The van der Waals surface area contributed by atoms with Gasteiger partial charge in [-0.15, -0.1) is 11.3 Å². The lowest BCUT2D eigenvalue weighted by molar-refractivity contribution is -0.128. The lowest BCUT2D eigenvalue weighted by atomic mass is 10.2. The van der Waals surface area contributed by atoms with E-state index >= 15 is 0 Å². The Morgan fingerprint density at radius 1 is 1.33 bits per heavy atom. The maximum atomic E-state index is 12.9. The number of rotatable bonds is 5. The molecule has 2 aromatic heterocycles. The summed E-state index contributed by atoms with van der Waals surface area (Å²) in [5.74, 6) is -0.421. The molecular formula is C21H20F2N4O2S. The van der Waals surface area contributed by atoms with Crippen LogP contribution in [0.3, 0.4) is 0 Å². The molecule has 1 aliphatic rings. The largest absolute Gasteiger partial charge is 0.318 e. The quantitative estimate of drug-likeness (QED) is 0.586. The number of aromatic nitrogens is 2. The summed E-state index contributed by atoms with van der Waals surface area (Å²) in [5, 5.41) is 2.76. The van der Waals surface area contributed by atoms with Crippen LogP contribution in [0.2, 0.25) is 0 Å². The summed E-state index contributed by atoms with van der Waals surface area (Å²) in [7, 11) is 0. The standard InChI is InChI=1S/C21H20F2N4O2S/c1-3-17(28)26-11-5-8-16(26)27-13-7-4-6-12(2)18(13)24-21(27)25-20(29)15-10-9-14(30-15)19(22)23/h3-4,6-7,9-10,16,19H,1,5,8,11H2,2H3,(H,24,25,29)/t16-/m0/s1. The molecule has 0 spiro atoms. The van der Waals surface area contributed by atoms with E-state index in [4.69, 9.17) is 0 Å². The van der Waals surface area contributed by atoms with Gasteiger partial charge in [0, 0.05) is 6.54 Å². The van der Waals surface area contributed by atoms with Crippen LogP contribution in [0.1, 0.15) is 45.5 Å². The topological polar surface area (TPSA) is 67.2 Å². The predicted molar refractivity (Wildman–Crippen MR) is 112 cm³/mol. The van der Waals surface area contributed by atoms with Gasteiger partial charge >= 0.3 is 0 Å². The molecule has 0 bridgehead atoms. The zero-order chi connectivity index (χ0) is 21.4. The number of carbonyl (C=O) groups is 2. The Labute approximate surface area is 175 Å². The number of hydrogen-bond donors (Lipinski definition) is 1. The number of para-hydroxylation sites is 1. The molecule has 1 N–H and O–H groups in total. The highest BCUT2D eigenvalue weighted by molar-refractivity contribution is 7.14. The molecular weight excluding hydrogens is 410 g/mol. The molecule has 1 atom stereocenters. The van der Waals surface area contributed by atoms with Crippen LogP contribution in [0.5, 0.6) is 0 Å². The monoisotopic (exact) mass is 430 g/mol. The van der Waals surface area contributed by atoms with Crippen molar-refractivity contribution in [3.63, 3.8) is 0 Å². The first-order chi connectivity index (χ1) is 14.4. The van der Waals surface area contributed by atoms with Crippen LogP contribution in [0.25, 0.3) is 11.0 Å². The number of nitrogens with one attached hydrogen (secondary N) is 1. The van der Waals surface area contributed by atoms with Crippen LogP contribution >= 0.6 is 11.3 Å². The van der Waals surface area contributed by atoms with Crippen molar-refractivity contribution >= 4 is 40.1 Å². The van der Waals surface area contributed by atoms with E-state index in [1.165, 1.54) is 18.2 Å².